The van der Waals surface area contributed by atoms with E-state index in [1.165, 1.54) is 31.0 Å². The molecule has 3 heterocycles. The molecule has 4 rings (SSSR count). The number of amides is 3. The van der Waals surface area contributed by atoms with E-state index >= 15 is 0 Å². The number of likely N-dealkylation sites (tertiary alicyclic amines) is 1. The number of fused-ring (bicyclic) bond motifs is 1. The van der Waals surface area contributed by atoms with Gasteiger partial charge in [0.2, 0.25) is 11.8 Å². The summed E-state index contributed by atoms with van der Waals surface area (Å²) in [7, 11) is 1.60. The molecule has 1 saturated heterocycles. The van der Waals surface area contributed by atoms with Gasteiger partial charge in [-0.05, 0) is 57.2 Å². The third-order valence-electron chi connectivity index (χ3n) is 7.48. The number of nitrogens with zero attached hydrogens (tertiary/aromatic N) is 4. The number of benzene rings is 1. The zero-order valence-electron chi connectivity index (χ0n) is 23.4. The Balaban J connectivity index is 1.54. The molecule has 220 valence electrons. The largest absolute Gasteiger partial charge is 0.433 e. The van der Waals surface area contributed by atoms with Crippen LogP contribution in [0, 0.1) is 5.41 Å². The molecule has 0 saturated carbocycles. The maximum absolute atomic E-state index is 13.9. The van der Waals surface area contributed by atoms with E-state index in [9.17, 15) is 27.6 Å². The van der Waals surface area contributed by atoms with Crippen molar-refractivity contribution in [1.82, 2.24) is 20.2 Å². The van der Waals surface area contributed by atoms with Gasteiger partial charge < -0.3 is 16.0 Å². The number of halogens is 3. The number of nitrogens with one attached hydrogen (secondary N) is 1. The number of aromatic nitrogens is 1. The number of hydrogen-bond acceptors (Lipinski definition) is 6. The van der Waals surface area contributed by atoms with Gasteiger partial charge in [-0.1, -0.05) is 36.4 Å². The van der Waals surface area contributed by atoms with Gasteiger partial charge in [-0.3, -0.25) is 14.4 Å². The maximum Gasteiger partial charge on any atom is 0.433 e. The summed E-state index contributed by atoms with van der Waals surface area (Å²) in [5, 5.41) is 8.54. The predicted molar refractivity (Wildman–Crippen MR) is 146 cm³/mol. The molecule has 0 spiro atoms. The standard InChI is InChI=1S/C29H35F3N6O3/c1-27(2,33)25(40)35-21(13-7-11-20-12-8-14-23(34-20)29(30,31)32)24(39)38-16-15-22-28(18-38,26(41)37(3)36-22)17-19-9-5-4-6-10-19/h4-6,8-10,12,14,21H,7,11,13,15-18,33H2,1-3H3,(H,35,40)/t21-,28-/m1/s1. The van der Waals surface area contributed by atoms with Gasteiger partial charge in [-0.15, -0.1) is 0 Å². The third kappa shape index (κ3) is 6.75. The summed E-state index contributed by atoms with van der Waals surface area (Å²) in [6.07, 6.45) is -3.19. The molecule has 1 aromatic carbocycles. The monoisotopic (exact) mass is 572 g/mol. The van der Waals surface area contributed by atoms with Crippen molar-refractivity contribution in [1.29, 1.82) is 0 Å². The summed E-state index contributed by atoms with van der Waals surface area (Å²) in [5.74, 6) is -1.12. The molecule has 2 aliphatic heterocycles. The first-order chi connectivity index (χ1) is 19.2. The second kappa shape index (κ2) is 11.6. The lowest BCUT2D eigenvalue weighted by Crippen LogP contribution is -2.60. The van der Waals surface area contributed by atoms with E-state index in [1.807, 2.05) is 30.3 Å². The summed E-state index contributed by atoms with van der Waals surface area (Å²) >= 11 is 0. The molecule has 9 nitrogen and oxygen atoms in total. The highest BCUT2D eigenvalue weighted by Gasteiger charge is 2.54. The minimum absolute atomic E-state index is 0.0936. The van der Waals surface area contributed by atoms with Crippen molar-refractivity contribution >= 4 is 23.4 Å². The van der Waals surface area contributed by atoms with E-state index < -0.39 is 34.8 Å². The van der Waals surface area contributed by atoms with Gasteiger partial charge in [0.25, 0.3) is 5.91 Å². The number of carbonyl (C=O) groups excluding carboxylic acids is 3. The molecule has 3 amide bonds. The van der Waals surface area contributed by atoms with Crippen LogP contribution < -0.4 is 11.1 Å². The fourth-order valence-corrected chi connectivity index (χ4v) is 5.30. The molecule has 0 bridgehead atoms. The predicted octanol–water partition coefficient (Wildman–Crippen LogP) is 2.93. The molecule has 41 heavy (non-hydrogen) atoms. The van der Waals surface area contributed by atoms with Crippen LogP contribution in [0.1, 0.15) is 50.1 Å². The normalized spacial score (nSPS) is 20.0. The van der Waals surface area contributed by atoms with Crippen LogP contribution >= 0.6 is 0 Å². The number of pyridine rings is 1. The van der Waals surface area contributed by atoms with E-state index in [0.29, 0.717) is 19.4 Å². The minimum atomic E-state index is -4.56. The molecule has 2 aliphatic rings. The van der Waals surface area contributed by atoms with Crippen molar-refractivity contribution in [2.45, 2.75) is 63.7 Å². The molecule has 0 radical (unpaired) electrons. The van der Waals surface area contributed by atoms with Crippen LogP contribution in [0.5, 0.6) is 0 Å². The Kier molecular flexibility index (Phi) is 8.53. The maximum atomic E-state index is 13.9. The highest BCUT2D eigenvalue weighted by atomic mass is 19.4. The van der Waals surface area contributed by atoms with Crippen molar-refractivity contribution in [2.24, 2.45) is 16.3 Å². The first-order valence-corrected chi connectivity index (χ1v) is 13.5. The number of carbonyl (C=O) groups is 3. The Morgan fingerprint density at radius 1 is 1.12 bits per heavy atom. The third-order valence-corrected chi connectivity index (χ3v) is 7.48. The minimum Gasteiger partial charge on any atom is -0.343 e. The SMILES string of the molecule is CN1N=C2CCN(C(=O)[C@@H](CCCc3cccc(C(F)(F)F)n3)NC(=O)C(C)(C)N)C[C@@]2(Cc2ccccc2)C1=O. The lowest BCUT2D eigenvalue weighted by Gasteiger charge is -2.41. The number of nitrogens with two attached hydrogens (primary N) is 1. The van der Waals surface area contributed by atoms with Crippen molar-refractivity contribution < 1.29 is 27.6 Å². The Morgan fingerprint density at radius 3 is 2.49 bits per heavy atom. The molecule has 1 fully saturated rings. The van der Waals surface area contributed by atoms with E-state index in [2.05, 4.69) is 15.4 Å². The number of alkyl halides is 3. The molecule has 3 N–H and O–H groups in total. The van der Waals surface area contributed by atoms with Crippen molar-refractivity contribution in [2.75, 3.05) is 20.1 Å². The van der Waals surface area contributed by atoms with Gasteiger partial charge in [0.05, 0.1) is 11.3 Å². The van der Waals surface area contributed by atoms with Crippen LogP contribution in [0.2, 0.25) is 0 Å². The molecule has 0 unspecified atom stereocenters. The summed E-state index contributed by atoms with van der Waals surface area (Å²) in [6, 6.07) is 12.2. The number of aryl methyl sites for hydroxylation is 1. The number of rotatable bonds is 9. The quantitative estimate of drug-likeness (QED) is 0.479. The van der Waals surface area contributed by atoms with Crippen LogP contribution in [0.25, 0.3) is 0 Å². The smallest absolute Gasteiger partial charge is 0.343 e. The average Bonchev–Trinajstić information content (AvgIpc) is 3.16. The molecule has 0 aliphatic carbocycles. The highest BCUT2D eigenvalue weighted by Crippen LogP contribution is 2.38. The highest BCUT2D eigenvalue weighted by molar-refractivity contribution is 6.13. The molecule has 2 aromatic rings. The van der Waals surface area contributed by atoms with Crippen LogP contribution in [0.15, 0.2) is 53.6 Å². The Bertz CT molecular complexity index is 1330. The second-order valence-electron chi connectivity index (χ2n) is 11.3. The second-order valence-corrected chi connectivity index (χ2v) is 11.3. The van der Waals surface area contributed by atoms with Crippen molar-refractivity contribution in [3.63, 3.8) is 0 Å². The summed E-state index contributed by atoms with van der Waals surface area (Å²) < 4.78 is 39.3. The first kappa shape index (κ1) is 30.2. The summed E-state index contributed by atoms with van der Waals surface area (Å²) in [4.78, 5) is 45.4. The van der Waals surface area contributed by atoms with Crippen molar-refractivity contribution in [3.8, 4) is 0 Å². The van der Waals surface area contributed by atoms with Crippen LogP contribution in [0.3, 0.4) is 0 Å². The first-order valence-electron chi connectivity index (χ1n) is 13.5. The van der Waals surface area contributed by atoms with Crippen LogP contribution in [-0.2, 0) is 33.4 Å². The van der Waals surface area contributed by atoms with E-state index in [4.69, 9.17) is 5.73 Å². The fourth-order valence-electron chi connectivity index (χ4n) is 5.30. The zero-order valence-corrected chi connectivity index (χ0v) is 23.4. The average molecular weight is 573 g/mol. The van der Waals surface area contributed by atoms with Gasteiger partial charge in [0.1, 0.15) is 17.2 Å². The molecule has 2 atom stereocenters. The van der Waals surface area contributed by atoms with Crippen molar-refractivity contribution in [3.05, 3.63) is 65.5 Å². The van der Waals surface area contributed by atoms with E-state index in [1.54, 1.807) is 11.9 Å². The molecular formula is C29H35F3N6O3. The van der Waals surface area contributed by atoms with Crippen LogP contribution in [-0.4, -0.2) is 70.0 Å². The van der Waals surface area contributed by atoms with Gasteiger partial charge >= 0.3 is 6.18 Å². The molecule has 12 heteroatoms. The lowest BCUT2D eigenvalue weighted by atomic mass is 9.73. The summed E-state index contributed by atoms with van der Waals surface area (Å²) in [6.45, 7) is 3.43. The zero-order chi connectivity index (χ0) is 30.0. The topological polar surface area (TPSA) is 121 Å². The Labute approximate surface area is 237 Å². The van der Waals surface area contributed by atoms with Gasteiger partial charge in [0.15, 0.2) is 0 Å². The number of hydrogen-bond donors (Lipinski definition) is 2. The van der Waals surface area contributed by atoms with E-state index in [-0.39, 0.29) is 43.3 Å². The Morgan fingerprint density at radius 2 is 1.83 bits per heavy atom. The number of hydrazone groups is 1. The fraction of sp³-hybridized carbons (Fsp3) is 0.483. The number of piperidine rings is 1. The van der Waals surface area contributed by atoms with E-state index in [0.717, 1.165) is 17.3 Å². The van der Waals surface area contributed by atoms with Gasteiger partial charge in [0, 0.05) is 32.3 Å². The lowest BCUT2D eigenvalue weighted by molar-refractivity contribution is -0.142. The summed E-state index contributed by atoms with van der Waals surface area (Å²) in [5.41, 5.74) is 4.59. The Hall–Kier alpha value is -3.80. The molecule has 1 aromatic heterocycles. The van der Waals surface area contributed by atoms with Gasteiger partial charge in [-0.25, -0.2) is 9.99 Å². The van der Waals surface area contributed by atoms with Gasteiger partial charge in [-0.2, -0.15) is 18.3 Å². The molecular weight excluding hydrogens is 537 g/mol. The van der Waals surface area contributed by atoms with Crippen LogP contribution in [0.4, 0.5) is 13.2 Å².